The molecule has 0 N–H and O–H groups in total. The van der Waals surface area contributed by atoms with E-state index >= 15 is 0 Å². The number of fused-ring (bicyclic) bond motifs is 1. The monoisotopic (exact) mass is 326 g/mol. The standard InChI is InChI=1S/C12H8BrFN2OS/c13-7-10-11(15-12-16(10)5-6-18-12)17-9-3-1-8(14)2-4-9/h1-6H,7H2. The highest BCUT2D eigenvalue weighted by Crippen LogP contribution is 2.29. The van der Waals surface area contributed by atoms with Crippen LogP contribution in [0.15, 0.2) is 35.8 Å². The van der Waals surface area contributed by atoms with Gasteiger partial charge in [-0.05, 0) is 24.3 Å². The molecule has 0 aliphatic carbocycles. The Morgan fingerprint density at radius 2 is 2.11 bits per heavy atom. The van der Waals surface area contributed by atoms with E-state index in [1.54, 1.807) is 23.5 Å². The number of halogens is 2. The molecule has 0 amide bonds. The van der Waals surface area contributed by atoms with Gasteiger partial charge in [-0.3, -0.25) is 4.40 Å². The normalized spacial score (nSPS) is 11.0. The number of benzene rings is 1. The Morgan fingerprint density at radius 3 is 2.83 bits per heavy atom. The lowest BCUT2D eigenvalue weighted by Gasteiger charge is -2.03. The molecule has 6 heteroatoms. The summed E-state index contributed by atoms with van der Waals surface area (Å²) in [5, 5.41) is 2.61. The third-order valence-electron chi connectivity index (χ3n) is 2.48. The summed E-state index contributed by atoms with van der Waals surface area (Å²) < 4.78 is 20.5. The first kappa shape index (κ1) is 11.7. The van der Waals surface area contributed by atoms with E-state index in [0.29, 0.717) is 17.0 Å². The molecule has 0 aliphatic heterocycles. The molecule has 2 heterocycles. The fourth-order valence-electron chi connectivity index (χ4n) is 1.63. The Labute approximate surface area is 115 Å². The Morgan fingerprint density at radius 1 is 1.33 bits per heavy atom. The fourth-order valence-corrected chi connectivity index (χ4v) is 2.86. The zero-order chi connectivity index (χ0) is 12.5. The van der Waals surface area contributed by atoms with Gasteiger partial charge in [-0.2, -0.15) is 4.98 Å². The minimum atomic E-state index is -0.283. The van der Waals surface area contributed by atoms with Crippen molar-refractivity contribution in [1.29, 1.82) is 0 Å². The number of alkyl halides is 1. The Bertz CT molecular complexity index is 677. The number of imidazole rings is 1. The van der Waals surface area contributed by atoms with E-state index in [4.69, 9.17) is 4.74 Å². The quantitative estimate of drug-likeness (QED) is 0.673. The van der Waals surface area contributed by atoms with E-state index in [0.717, 1.165) is 10.7 Å². The predicted molar refractivity (Wildman–Crippen MR) is 72.2 cm³/mol. The molecule has 92 valence electrons. The van der Waals surface area contributed by atoms with Gasteiger partial charge in [-0.1, -0.05) is 15.9 Å². The smallest absolute Gasteiger partial charge is 0.243 e. The molecule has 0 atom stereocenters. The van der Waals surface area contributed by atoms with Gasteiger partial charge in [0.15, 0.2) is 4.96 Å². The van der Waals surface area contributed by atoms with Gasteiger partial charge in [0.05, 0.1) is 5.69 Å². The molecule has 3 rings (SSSR count). The molecule has 0 bridgehead atoms. The number of aromatic nitrogens is 2. The van der Waals surface area contributed by atoms with E-state index in [9.17, 15) is 4.39 Å². The first-order valence-electron chi connectivity index (χ1n) is 5.22. The number of hydrogen-bond acceptors (Lipinski definition) is 3. The van der Waals surface area contributed by atoms with Gasteiger partial charge in [-0.15, -0.1) is 11.3 Å². The topological polar surface area (TPSA) is 26.5 Å². The molecular formula is C12H8BrFN2OS. The molecule has 0 spiro atoms. The van der Waals surface area contributed by atoms with Gasteiger partial charge in [-0.25, -0.2) is 4.39 Å². The zero-order valence-corrected chi connectivity index (χ0v) is 11.5. The van der Waals surface area contributed by atoms with Gasteiger partial charge in [0, 0.05) is 16.9 Å². The van der Waals surface area contributed by atoms with Gasteiger partial charge in [0.1, 0.15) is 11.6 Å². The molecule has 0 unspecified atom stereocenters. The predicted octanol–water partition coefficient (Wildman–Crippen LogP) is 4.22. The lowest BCUT2D eigenvalue weighted by molar-refractivity contribution is 0.460. The minimum absolute atomic E-state index is 0.283. The van der Waals surface area contributed by atoms with E-state index in [1.807, 2.05) is 16.0 Å². The van der Waals surface area contributed by atoms with Gasteiger partial charge in [0.25, 0.3) is 0 Å². The SMILES string of the molecule is Fc1ccc(Oc2nc3sccn3c2CBr)cc1. The largest absolute Gasteiger partial charge is 0.437 e. The number of nitrogens with zero attached hydrogens (tertiary/aromatic N) is 2. The third kappa shape index (κ3) is 2.02. The Kier molecular flexibility index (Phi) is 3.05. The number of thiazole rings is 1. The summed E-state index contributed by atoms with van der Waals surface area (Å²) in [6, 6.07) is 5.89. The first-order chi connectivity index (χ1) is 8.78. The average molecular weight is 327 g/mol. The van der Waals surface area contributed by atoms with Crippen molar-refractivity contribution in [3.8, 4) is 11.6 Å². The van der Waals surface area contributed by atoms with Crippen LogP contribution in [0.1, 0.15) is 5.69 Å². The van der Waals surface area contributed by atoms with Crippen LogP contribution in [0.2, 0.25) is 0 Å². The van der Waals surface area contributed by atoms with Crippen molar-refractivity contribution < 1.29 is 9.13 Å². The summed E-state index contributed by atoms with van der Waals surface area (Å²) in [5.74, 6) is 0.837. The van der Waals surface area contributed by atoms with Crippen molar-refractivity contribution in [2.24, 2.45) is 0 Å². The van der Waals surface area contributed by atoms with Gasteiger partial charge in [0.2, 0.25) is 5.88 Å². The number of rotatable bonds is 3. The highest BCUT2D eigenvalue weighted by molar-refractivity contribution is 9.08. The highest BCUT2D eigenvalue weighted by Gasteiger charge is 2.13. The van der Waals surface area contributed by atoms with Crippen LogP contribution >= 0.6 is 27.3 Å². The fraction of sp³-hybridized carbons (Fsp3) is 0.0833. The summed E-state index contributed by atoms with van der Waals surface area (Å²) in [6.07, 6.45) is 1.95. The third-order valence-corrected chi connectivity index (χ3v) is 3.77. The van der Waals surface area contributed by atoms with Crippen LogP contribution in [0.25, 0.3) is 4.96 Å². The molecule has 0 saturated carbocycles. The van der Waals surface area contributed by atoms with E-state index in [2.05, 4.69) is 20.9 Å². The summed E-state index contributed by atoms with van der Waals surface area (Å²) >= 11 is 4.96. The Balaban J connectivity index is 1.98. The number of ether oxygens (including phenoxy) is 1. The first-order valence-corrected chi connectivity index (χ1v) is 7.22. The lowest BCUT2D eigenvalue weighted by Crippen LogP contribution is -1.90. The van der Waals surface area contributed by atoms with Crippen LogP contribution in [0.3, 0.4) is 0 Å². The average Bonchev–Trinajstić information content (AvgIpc) is 2.92. The van der Waals surface area contributed by atoms with Crippen LogP contribution in [-0.2, 0) is 5.33 Å². The molecule has 18 heavy (non-hydrogen) atoms. The second-order valence-electron chi connectivity index (χ2n) is 3.61. The molecule has 1 aromatic carbocycles. The molecule has 2 aromatic heterocycles. The van der Waals surface area contributed by atoms with Gasteiger partial charge >= 0.3 is 0 Å². The van der Waals surface area contributed by atoms with Crippen molar-refractivity contribution in [3.05, 3.63) is 47.4 Å². The van der Waals surface area contributed by atoms with Crippen molar-refractivity contribution in [2.75, 3.05) is 0 Å². The maximum atomic E-state index is 12.8. The van der Waals surface area contributed by atoms with E-state index in [1.165, 1.54) is 12.1 Å². The summed E-state index contributed by atoms with van der Waals surface area (Å²) in [4.78, 5) is 5.27. The summed E-state index contributed by atoms with van der Waals surface area (Å²) in [7, 11) is 0. The Hall–Kier alpha value is -1.40. The second-order valence-corrected chi connectivity index (χ2v) is 5.04. The van der Waals surface area contributed by atoms with Crippen LogP contribution in [0.5, 0.6) is 11.6 Å². The maximum Gasteiger partial charge on any atom is 0.243 e. The minimum Gasteiger partial charge on any atom is -0.437 e. The molecule has 0 radical (unpaired) electrons. The summed E-state index contributed by atoms with van der Waals surface area (Å²) in [6.45, 7) is 0. The maximum absolute atomic E-state index is 12.8. The highest BCUT2D eigenvalue weighted by atomic mass is 79.9. The van der Waals surface area contributed by atoms with Crippen LogP contribution in [0, 0.1) is 5.82 Å². The molecule has 3 aromatic rings. The second kappa shape index (κ2) is 4.70. The summed E-state index contributed by atoms with van der Waals surface area (Å²) in [5.41, 5.74) is 0.940. The number of hydrogen-bond donors (Lipinski definition) is 0. The van der Waals surface area contributed by atoms with Crippen molar-refractivity contribution in [2.45, 2.75) is 5.33 Å². The molecular weight excluding hydrogens is 319 g/mol. The lowest BCUT2D eigenvalue weighted by atomic mass is 10.3. The molecule has 0 fully saturated rings. The van der Waals surface area contributed by atoms with Crippen molar-refractivity contribution >= 4 is 32.2 Å². The van der Waals surface area contributed by atoms with Crippen LogP contribution in [-0.4, -0.2) is 9.38 Å². The molecule has 0 aliphatic rings. The van der Waals surface area contributed by atoms with Crippen molar-refractivity contribution in [1.82, 2.24) is 9.38 Å². The van der Waals surface area contributed by atoms with E-state index < -0.39 is 0 Å². The van der Waals surface area contributed by atoms with Gasteiger partial charge < -0.3 is 4.74 Å². The molecule has 0 saturated heterocycles. The van der Waals surface area contributed by atoms with Crippen LogP contribution < -0.4 is 4.74 Å². The van der Waals surface area contributed by atoms with Crippen molar-refractivity contribution in [3.63, 3.8) is 0 Å². The molecule has 3 nitrogen and oxygen atoms in total. The zero-order valence-electron chi connectivity index (χ0n) is 9.14. The van der Waals surface area contributed by atoms with Crippen LogP contribution in [0.4, 0.5) is 4.39 Å². The van der Waals surface area contributed by atoms with E-state index in [-0.39, 0.29) is 5.82 Å².